The predicted molar refractivity (Wildman–Crippen MR) is 55.7 cm³/mol. The molecule has 14 heavy (non-hydrogen) atoms. The maximum atomic E-state index is 4.27. The van der Waals surface area contributed by atoms with E-state index in [1.807, 2.05) is 38.1 Å². The van der Waals surface area contributed by atoms with Crippen molar-refractivity contribution in [3.63, 3.8) is 0 Å². The van der Waals surface area contributed by atoms with Crippen molar-refractivity contribution >= 4 is 17.0 Å². The van der Waals surface area contributed by atoms with Crippen LogP contribution in [0.3, 0.4) is 0 Å². The molecule has 2 aromatic rings. The second-order valence-electron chi connectivity index (χ2n) is 3.39. The standard InChI is InChI=1S/C10H12N4/c1-7(2)13-14-10-11-8-5-3-4-6-9(8)12-10/h3-7H,1-2H3,(H,11,12). The Labute approximate surface area is 82.1 Å². The molecule has 4 nitrogen and oxygen atoms in total. The van der Waals surface area contributed by atoms with Crippen LogP contribution < -0.4 is 0 Å². The molecule has 0 aliphatic rings. The average Bonchev–Trinajstić information content (AvgIpc) is 2.57. The van der Waals surface area contributed by atoms with E-state index in [-0.39, 0.29) is 6.04 Å². The monoisotopic (exact) mass is 188 g/mol. The van der Waals surface area contributed by atoms with Gasteiger partial charge in [0, 0.05) is 0 Å². The van der Waals surface area contributed by atoms with Crippen LogP contribution in [0.2, 0.25) is 0 Å². The van der Waals surface area contributed by atoms with Gasteiger partial charge in [0.2, 0.25) is 5.95 Å². The number of imidazole rings is 1. The molecule has 4 heteroatoms. The Hall–Kier alpha value is -1.71. The van der Waals surface area contributed by atoms with Gasteiger partial charge in [0.15, 0.2) is 0 Å². The van der Waals surface area contributed by atoms with E-state index in [1.54, 1.807) is 0 Å². The zero-order chi connectivity index (χ0) is 9.97. The molecule has 0 unspecified atom stereocenters. The molecule has 0 aliphatic carbocycles. The second-order valence-corrected chi connectivity index (χ2v) is 3.39. The van der Waals surface area contributed by atoms with Crippen LogP contribution in [0.5, 0.6) is 0 Å². The van der Waals surface area contributed by atoms with Crippen LogP contribution in [-0.2, 0) is 0 Å². The van der Waals surface area contributed by atoms with Crippen molar-refractivity contribution in [1.29, 1.82) is 0 Å². The number of hydrogen-bond acceptors (Lipinski definition) is 3. The number of H-pyrrole nitrogens is 1. The molecule has 1 heterocycles. The molecule has 0 saturated carbocycles. The summed E-state index contributed by atoms with van der Waals surface area (Å²) in [5, 5.41) is 8.02. The minimum atomic E-state index is 0.197. The van der Waals surface area contributed by atoms with Gasteiger partial charge >= 0.3 is 0 Å². The molecule has 0 spiro atoms. The number of para-hydroxylation sites is 2. The van der Waals surface area contributed by atoms with Gasteiger partial charge in [-0.05, 0) is 26.0 Å². The summed E-state index contributed by atoms with van der Waals surface area (Å²) in [6, 6.07) is 8.02. The SMILES string of the molecule is CC(C)N=Nc1nc2ccccc2[nH]1. The van der Waals surface area contributed by atoms with Gasteiger partial charge in [-0.2, -0.15) is 5.11 Å². The molecule has 0 radical (unpaired) electrons. The summed E-state index contributed by atoms with van der Waals surface area (Å²) in [5.74, 6) is 0.569. The Kier molecular flexibility index (Phi) is 2.26. The molecule has 72 valence electrons. The number of benzene rings is 1. The van der Waals surface area contributed by atoms with Gasteiger partial charge in [-0.1, -0.05) is 12.1 Å². The lowest BCUT2D eigenvalue weighted by Crippen LogP contribution is -1.84. The second kappa shape index (κ2) is 3.57. The third-order valence-electron chi connectivity index (χ3n) is 1.76. The van der Waals surface area contributed by atoms with E-state index < -0.39 is 0 Å². The Morgan fingerprint density at radius 2 is 2.07 bits per heavy atom. The third kappa shape index (κ3) is 1.79. The largest absolute Gasteiger partial charge is 0.321 e. The van der Waals surface area contributed by atoms with Crippen molar-refractivity contribution in [2.24, 2.45) is 10.2 Å². The van der Waals surface area contributed by atoms with Crippen LogP contribution in [0.25, 0.3) is 11.0 Å². The lowest BCUT2D eigenvalue weighted by atomic mass is 10.3. The van der Waals surface area contributed by atoms with Crippen molar-refractivity contribution in [3.8, 4) is 0 Å². The van der Waals surface area contributed by atoms with E-state index >= 15 is 0 Å². The summed E-state index contributed by atoms with van der Waals surface area (Å²) in [7, 11) is 0. The highest BCUT2D eigenvalue weighted by Crippen LogP contribution is 2.15. The van der Waals surface area contributed by atoms with Crippen molar-refractivity contribution in [1.82, 2.24) is 9.97 Å². The van der Waals surface area contributed by atoms with Crippen molar-refractivity contribution in [2.75, 3.05) is 0 Å². The van der Waals surface area contributed by atoms with Gasteiger partial charge in [-0.3, -0.25) is 0 Å². The highest BCUT2D eigenvalue weighted by molar-refractivity contribution is 5.76. The number of aromatic amines is 1. The van der Waals surface area contributed by atoms with Gasteiger partial charge in [-0.25, -0.2) is 4.98 Å². The minimum Gasteiger partial charge on any atom is -0.321 e. The molecular weight excluding hydrogens is 176 g/mol. The first-order chi connectivity index (χ1) is 6.75. The van der Waals surface area contributed by atoms with Gasteiger partial charge < -0.3 is 4.98 Å². The zero-order valence-corrected chi connectivity index (χ0v) is 8.23. The van der Waals surface area contributed by atoms with E-state index in [1.165, 1.54) is 0 Å². The Balaban J connectivity index is 2.36. The topological polar surface area (TPSA) is 53.4 Å². The zero-order valence-electron chi connectivity index (χ0n) is 8.23. The lowest BCUT2D eigenvalue weighted by molar-refractivity contribution is 0.773. The number of nitrogens with zero attached hydrogens (tertiary/aromatic N) is 3. The summed E-state index contributed by atoms with van der Waals surface area (Å²) in [6.45, 7) is 3.96. The van der Waals surface area contributed by atoms with Crippen LogP contribution in [0, 0.1) is 0 Å². The van der Waals surface area contributed by atoms with E-state index in [2.05, 4.69) is 20.2 Å². The molecule has 1 aromatic heterocycles. The number of fused-ring (bicyclic) bond motifs is 1. The molecule has 0 aliphatic heterocycles. The molecule has 1 aromatic carbocycles. The number of rotatable bonds is 2. The fourth-order valence-corrected chi connectivity index (χ4v) is 1.16. The van der Waals surface area contributed by atoms with Crippen LogP contribution in [0.1, 0.15) is 13.8 Å². The summed E-state index contributed by atoms with van der Waals surface area (Å²) in [6.07, 6.45) is 0. The van der Waals surface area contributed by atoms with E-state index in [4.69, 9.17) is 0 Å². The summed E-state index contributed by atoms with van der Waals surface area (Å²) in [4.78, 5) is 7.35. The fourth-order valence-electron chi connectivity index (χ4n) is 1.16. The first-order valence-corrected chi connectivity index (χ1v) is 4.61. The maximum absolute atomic E-state index is 4.27. The first kappa shape index (κ1) is 8.87. The lowest BCUT2D eigenvalue weighted by Gasteiger charge is -1.89. The smallest absolute Gasteiger partial charge is 0.247 e. The first-order valence-electron chi connectivity index (χ1n) is 4.61. The van der Waals surface area contributed by atoms with Gasteiger partial charge in [0.25, 0.3) is 0 Å². The molecule has 0 fully saturated rings. The number of aromatic nitrogens is 2. The molecule has 1 N–H and O–H groups in total. The van der Waals surface area contributed by atoms with Gasteiger partial charge in [0.1, 0.15) is 0 Å². The third-order valence-corrected chi connectivity index (χ3v) is 1.76. The number of hydrogen-bond donors (Lipinski definition) is 1. The Morgan fingerprint density at radius 1 is 1.29 bits per heavy atom. The van der Waals surface area contributed by atoms with Crippen LogP contribution >= 0.6 is 0 Å². The normalized spacial score (nSPS) is 11.9. The highest BCUT2D eigenvalue weighted by atomic mass is 15.2. The van der Waals surface area contributed by atoms with Crippen LogP contribution in [0.4, 0.5) is 5.95 Å². The highest BCUT2D eigenvalue weighted by Gasteiger charge is 1.99. The van der Waals surface area contributed by atoms with Gasteiger partial charge in [-0.15, -0.1) is 5.11 Å². The number of azo groups is 1. The van der Waals surface area contributed by atoms with Crippen molar-refractivity contribution in [3.05, 3.63) is 24.3 Å². The van der Waals surface area contributed by atoms with E-state index in [0.717, 1.165) is 11.0 Å². The Bertz CT molecular complexity index is 423. The summed E-state index contributed by atoms with van der Waals surface area (Å²) >= 11 is 0. The van der Waals surface area contributed by atoms with Crippen molar-refractivity contribution < 1.29 is 0 Å². The molecular formula is C10H12N4. The average molecular weight is 188 g/mol. The molecule has 0 atom stereocenters. The van der Waals surface area contributed by atoms with Crippen LogP contribution in [0.15, 0.2) is 34.5 Å². The molecule has 0 saturated heterocycles. The van der Waals surface area contributed by atoms with E-state index in [9.17, 15) is 0 Å². The predicted octanol–water partition coefficient (Wildman–Crippen LogP) is 3.06. The summed E-state index contributed by atoms with van der Waals surface area (Å²) < 4.78 is 0. The summed E-state index contributed by atoms with van der Waals surface area (Å²) in [5.41, 5.74) is 1.91. The number of nitrogens with one attached hydrogen (secondary N) is 1. The maximum Gasteiger partial charge on any atom is 0.247 e. The fraction of sp³-hybridized carbons (Fsp3) is 0.300. The Morgan fingerprint density at radius 3 is 2.79 bits per heavy atom. The quantitative estimate of drug-likeness (QED) is 0.723. The van der Waals surface area contributed by atoms with E-state index in [0.29, 0.717) is 5.95 Å². The van der Waals surface area contributed by atoms with Crippen LogP contribution in [-0.4, -0.2) is 16.0 Å². The molecule has 2 rings (SSSR count). The molecule has 0 amide bonds. The van der Waals surface area contributed by atoms with Gasteiger partial charge in [0.05, 0.1) is 17.1 Å². The minimum absolute atomic E-state index is 0.197. The molecule has 0 bridgehead atoms. The van der Waals surface area contributed by atoms with Crippen molar-refractivity contribution in [2.45, 2.75) is 19.9 Å².